The zero-order valence-electron chi connectivity index (χ0n) is 13.9. The molecule has 0 aromatic rings. The van der Waals surface area contributed by atoms with Gasteiger partial charge in [-0.05, 0) is 19.3 Å². The normalized spacial score (nSPS) is 12.2. The van der Waals surface area contributed by atoms with E-state index < -0.39 is 0 Å². The maximum Gasteiger partial charge on any atom is 0.407 e. The Labute approximate surface area is 125 Å². The van der Waals surface area contributed by atoms with Crippen molar-refractivity contribution in [2.45, 2.75) is 97.4 Å². The molecule has 0 heterocycles. The molecule has 0 aromatic heterocycles. The maximum atomic E-state index is 11.6. The first kappa shape index (κ1) is 19.3. The molecule has 1 N–H and O–H groups in total. The summed E-state index contributed by atoms with van der Waals surface area (Å²) in [6.45, 7) is 7.09. The zero-order chi connectivity index (χ0) is 15.1. The van der Waals surface area contributed by atoms with Crippen molar-refractivity contribution in [1.29, 1.82) is 0 Å². The van der Waals surface area contributed by atoms with Gasteiger partial charge in [0.2, 0.25) is 0 Å². The van der Waals surface area contributed by atoms with Crippen LogP contribution in [0, 0.1) is 0 Å². The van der Waals surface area contributed by atoms with Crippen LogP contribution in [0.15, 0.2) is 0 Å². The molecule has 0 aliphatic rings. The van der Waals surface area contributed by atoms with Crippen LogP contribution in [0.5, 0.6) is 0 Å². The number of nitrogens with one attached hydrogen (secondary N) is 1. The van der Waals surface area contributed by atoms with Gasteiger partial charge >= 0.3 is 6.09 Å². The average molecular weight is 285 g/mol. The van der Waals surface area contributed by atoms with Gasteiger partial charge in [0.25, 0.3) is 0 Å². The summed E-state index contributed by atoms with van der Waals surface area (Å²) in [7, 11) is 0. The summed E-state index contributed by atoms with van der Waals surface area (Å²) in [5, 5.41) is 2.98. The van der Waals surface area contributed by atoms with Crippen molar-refractivity contribution in [3.63, 3.8) is 0 Å². The van der Waals surface area contributed by atoms with Crippen molar-refractivity contribution in [3.8, 4) is 0 Å². The minimum atomic E-state index is -0.234. The van der Waals surface area contributed by atoms with Crippen LogP contribution in [0.4, 0.5) is 4.79 Å². The molecule has 1 atom stereocenters. The number of alkyl carbamates (subject to hydrolysis) is 1. The lowest BCUT2D eigenvalue weighted by atomic mass is 10.1. The monoisotopic (exact) mass is 285 g/mol. The molecule has 0 rings (SSSR count). The van der Waals surface area contributed by atoms with E-state index in [1.165, 1.54) is 51.4 Å². The third kappa shape index (κ3) is 12.3. The smallest absolute Gasteiger partial charge is 0.407 e. The molecule has 3 nitrogen and oxygen atoms in total. The van der Waals surface area contributed by atoms with Crippen molar-refractivity contribution in [2.24, 2.45) is 0 Å². The summed E-state index contributed by atoms with van der Waals surface area (Å²) in [5.74, 6) is 0. The van der Waals surface area contributed by atoms with Gasteiger partial charge in [-0.15, -0.1) is 0 Å². The van der Waals surface area contributed by atoms with Crippen LogP contribution in [0.25, 0.3) is 0 Å². The van der Waals surface area contributed by atoms with Crippen LogP contribution >= 0.6 is 0 Å². The Morgan fingerprint density at radius 1 is 0.900 bits per heavy atom. The van der Waals surface area contributed by atoms with Crippen LogP contribution in [0.1, 0.15) is 91.4 Å². The molecule has 120 valence electrons. The van der Waals surface area contributed by atoms with E-state index in [9.17, 15) is 4.79 Å². The van der Waals surface area contributed by atoms with Crippen LogP contribution < -0.4 is 5.32 Å². The van der Waals surface area contributed by atoms with E-state index in [1.807, 2.05) is 0 Å². The Bertz CT molecular complexity index is 219. The van der Waals surface area contributed by atoms with Crippen molar-refractivity contribution >= 4 is 6.09 Å². The van der Waals surface area contributed by atoms with Crippen molar-refractivity contribution in [2.75, 3.05) is 6.61 Å². The van der Waals surface area contributed by atoms with E-state index >= 15 is 0 Å². The van der Waals surface area contributed by atoms with Gasteiger partial charge in [-0.1, -0.05) is 72.1 Å². The summed E-state index contributed by atoms with van der Waals surface area (Å²) in [5.41, 5.74) is 0. The van der Waals surface area contributed by atoms with E-state index in [-0.39, 0.29) is 12.1 Å². The van der Waals surface area contributed by atoms with Gasteiger partial charge in [-0.2, -0.15) is 0 Å². The number of rotatable bonds is 13. The third-order valence-electron chi connectivity index (χ3n) is 3.70. The summed E-state index contributed by atoms with van der Waals surface area (Å²) in [4.78, 5) is 11.6. The molecular formula is C17H35NO2. The Morgan fingerprint density at radius 3 is 2.15 bits per heavy atom. The van der Waals surface area contributed by atoms with E-state index in [1.54, 1.807) is 0 Å². The Kier molecular flexibility index (Phi) is 14.1. The summed E-state index contributed by atoms with van der Waals surface area (Å²) < 4.78 is 5.24. The number of carbonyl (C=O) groups excluding carboxylic acids is 1. The molecule has 0 radical (unpaired) electrons. The first-order valence-corrected chi connectivity index (χ1v) is 8.67. The second-order valence-electron chi connectivity index (χ2n) is 5.65. The maximum absolute atomic E-state index is 11.6. The van der Waals surface area contributed by atoms with Crippen molar-refractivity contribution < 1.29 is 9.53 Å². The van der Waals surface area contributed by atoms with E-state index in [0.29, 0.717) is 6.61 Å². The van der Waals surface area contributed by atoms with Crippen LogP contribution in [0.3, 0.4) is 0 Å². The number of unbranched alkanes of at least 4 members (excludes halogenated alkanes) is 7. The van der Waals surface area contributed by atoms with Gasteiger partial charge in [0.1, 0.15) is 0 Å². The van der Waals surface area contributed by atoms with Gasteiger partial charge in [-0.3, -0.25) is 0 Å². The Hall–Kier alpha value is -0.730. The lowest BCUT2D eigenvalue weighted by Crippen LogP contribution is -2.35. The minimum Gasteiger partial charge on any atom is -0.450 e. The van der Waals surface area contributed by atoms with Crippen LogP contribution in [-0.2, 0) is 4.74 Å². The second-order valence-corrected chi connectivity index (χ2v) is 5.65. The highest BCUT2D eigenvalue weighted by atomic mass is 16.5. The lowest BCUT2D eigenvalue weighted by Gasteiger charge is -2.16. The fourth-order valence-corrected chi connectivity index (χ4v) is 2.27. The number of amides is 1. The van der Waals surface area contributed by atoms with Gasteiger partial charge in [-0.25, -0.2) is 4.79 Å². The Morgan fingerprint density at radius 2 is 1.50 bits per heavy atom. The Balaban J connectivity index is 3.50. The molecule has 0 bridgehead atoms. The average Bonchev–Trinajstić information content (AvgIpc) is 2.45. The first-order chi connectivity index (χ1) is 9.74. The molecular weight excluding hydrogens is 250 g/mol. The molecule has 3 heteroatoms. The standard InChI is InChI=1S/C17H35NO2/c1-4-7-9-10-11-13-15-20-17(19)18-16(6-3)14-12-8-5-2/h16H,4-15H2,1-3H3,(H,18,19). The molecule has 0 spiro atoms. The summed E-state index contributed by atoms with van der Waals surface area (Å²) >= 11 is 0. The molecule has 1 amide bonds. The van der Waals surface area contributed by atoms with Gasteiger partial charge in [0, 0.05) is 6.04 Å². The highest BCUT2D eigenvalue weighted by Gasteiger charge is 2.10. The SMILES string of the molecule is CCCCCCCCOC(=O)NC(CC)CCCCC. The van der Waals surface area contributed by atoms with Gasteiger partial charge in [0.15, 0.2) is 0 Å². The van der Waals surface area contributed by atoms with Crippen molar-refractivity contribution in [3.05, 3.63) is 0 Å². The van der Waals surface area contributed by atoms with Gasteiger partial charge in [0.05, 0.1) is 6.61 Å². The molecule has 0 saturated heterocycles. The zero-order valence-corrected chi connectivity index (χ0v) is 13.9. The van der Waals surface area contributed by atoms with Crippen LogP contribution in [0.2, 0.25) is 0 Å². The first-order valence-electron chi connectivity index (χ1n) is 8.67. The number of hydrogen-bond donors (Lipinski definition) is 1. The van der Waals surface area contributed by atoms with E-state index in [0.717, 1.165) is 19.3 Å². The highest BCUT2D eigenvalue weighted by Crippen LogP contribution is 2.07. The largest absolute Gasteiger partial charge is 0.450 e. The number of hydrogen-bond acceptors (Lipinski definition) is 2. The van der Waals surface area contributed by atoms with E-state index in [4.69, 9.17) is 4.74 Å². The molecule has 0 fully saturated rings. The quantitative estimate of drug-likeness (QED) is 0.458. The molecule has 20 heavy (non-hydrogen) atoms. The summed E-state index contributed by atoms with van der Waals surface area (Å²) in [6, 6.07) is 0.276. The lowest BCUT2D eigenvalue weighted by molar-refractivity contribution is 0.138. The van der Waals surface area contributed by atoms with Crippen molar-refractivity contribution in [1.82, 2.24) is 5.32 Å². The number of carbonyl (C=O) groups is 1. The topological polar surface area (TPSA) is 38.3 Å². The van der Waals surface area contributed by atoms with E-state index in [2.05, 4.69) is 26.1 Å². The molecule has 0 aliphatic heterocycles. The highest BCUT2D eigenvalue weighted by molar-refractivity contribution is 5.67. The molecule has 0 aliphatic carbocycles. The van der Waals surface area contributed by atoms with Gasteiger partial charge < -0.3 is 10.1 Å². The third-order valence-corrected chi connectivity index (χ3v) is 3.70. The predicted octanol–water partition coefficient (Wildman–Crippen LogP) is 5.43. The summed E-state index contributed by atoms with van der Waals surface area (Å²) in [6.07, 6.45) is 12.8. The molecule has 0 saturated carbocycles. The fraction of sp³-hybridized carbons (Fsp3) is 0.941. The minimum absolute atomic E-state index is 0.234. The molecule has 0 aromatic carbocycles. The molecule has 1 unspecified atom stereocenters. The second kappa shape index (κ2) is 14.7. The fourth-order valence-electron chi connectivity index (χ4n) is 2.27. The number of ether oxygens (including phenoxy) is 1. The predicted molar refractivity (Wildman–Crippen MR) is 86.1 cm³/mol. The van der Waals surface area contributed by atoms with Crippen LogP contribution in [-0.4, -0.2) is 18.7 Å².